The van der Waals surface area contributed by atoms with Gasteiger partial charge in [-0.05, 0) is 96.3 Å². The predicted octanol–water partition coefficient (Wildman–Crippen LogP) is 22.2. The lowest BCUT2D eigenvalue weighted by Gasteiger charge is -2.25. The van der Waals surface area contributed by atoms with E-state index in [2.05, 4.69) is 141 Å². The summed E-state index contributed by atoms with van der Waals surface area (Å²) in [7, 11) is 1.54. The third-order valence-corrected chi connectivity index (χ3v) is 15.9. The monoisotopic (exact) mass is 1190 g/mol. The molecule has 0 aliphatic rings. The summed E-state index contributed by atoms with van der Waals surface area (Å²) in [6, 6.07) is -0.872. The van der Waals surface area contributed by atoms with E-state index < -0.39 is 20.0 Å². The van der Waals surface area contributed by atoms with Crippen molar-refractivity contribution in [2.45, 2.75) is 296 Å². The summed E-state index contributed by atoms with van der Waals surface area (Å²) in [6.07, 6.45) is 97.3. The summed E-state index contributed by atoms with van der Waals surface area (Å²) in [5.74, 6) is -0.204. The Hall–Kier alpha value is -3.36. The number of phosphoric acid groups is 1. The quantitative estimate of drug-likeness (QED) is 0.0243. The number of likely N-dealkylation sites (N-methyl/N-ethyl adjacent to an activating group) is 1. The fraction of sp³-hybridized carbons (Fsp3) is 0.693. The van der Waals surface area contributed by atoms with Crippen LogP contribution in [-0.2, 0) is 18.4 Å². The van der Waals surface area contributed by atoms with Crippen LogP contribution in [0.2, 0.25) is 0 Å². The molecule has 0 saturated heterocycles. The summed E-state index contributed by atoms with van der Waals surface area (Å²) >= 11 is 0. The Bertz CT molecular complexity index is 1830. The van der Waals surface area contributed by atoms with E-state index in [0.717, 1.165) is 116 Å². The van der Waals surface area contributed by atoms with Crippen molar-refractivity contribution in [2.75, 3.05) is 40.9 Å². The third kappa shape index (κ3) is 66.2. The van der Waals surface area contributed by atoms with E-state index in [-0.39, 0.29) is 19.1 Å². The Morgan fingerprint density at radius 2 is 0.714 bits per heavy atom. The number of amides is 1. The van der Waals surface area contributed by atoms with Crippen LogP contribution in [0, 0.1) is 0 Å². The van der Waals surface area contributed by atoms with Crippen LogP contribution < -0.4 is 5.32 Å². The molecule has 3 unspecified atom stereocenters. The van der Waals surface area contributed by atoms with Gasteiger partial charge in [0.15, 0.2) is 0 Å². The first kappa shape index (κ1) is 80.6. The number of aliphatic hydroxyl groups is 1. The molecule has 0 aromatic rings. The second kappa shape index (κ2) is 64.1. The summed E-state index contributed by atoms with van der Waals surface area (Å²) in [4.78, 5) is 23.4. The van der Waals surface area contributed by atoms with Crippen molar-refractivity contribution in [2.24, 2.45) is 0 Å². The zero-order valence-electron chi connectivity index (χ0n) is 55.1. The van der Waals surface area contributed by atoms with Gasteiger partial charge in [0.25, 0.3) is 0 Å². The first-order valence-electron chi connectivity index (χ1n) is 34.6. The molecule has 3 N–H and O–H groups in total. The van der Waals surface area contributed by atoms with E-state index in [1.165, 1.54) is 148 Å². The molecule has 0 aliphatic carbocycles. The summed E-state index contributed by atoms with van der Waals surface area (Å²) in [6.45, 7) is 4.70. The van der Waals surface area contributed by atoms with E-state index in [4.69, 9.17) is 9.05 Å². The Labute approximate surface area is 519 Å². The molecule has 0 radical (unpaired) electrons. The predicted molar refractivity (Wildman–Crippen MR) is 368 cm³/mol. The number of unbranched alkanes of at least 4 members (excludes halogenated alkanes) is 29. The van der Waals surface area contributed by atoms with Crippen LogP contribution in [0.1, 0.15) is 284 Å². The van der Waals surface area contributed by atoms with Crippen molar-refractivity contribution in [3.8, 4) is 0 Å². The van der Waals surface area contributed by atoms with Crippen LogP contribution in [0.5, 0.6) is 0 Å². The van der Waals surface area contributed by atoms with E-state index >= 15 is 0 Å². The normalized spacial score (nSPS) is 14.5. The minimum atomic E-state index is -4.37. The van der Waals surface area contributed by atoms with Crippen molar-refractivity contribution >= 4 is 13.7 Å². The molecular weight excluding hydrogens is 1060 g/mol. The highest BCUT2D eigenvalue weighted by atomic mass is 31.2. The molecule has 0 spiro atoms. The molecular formula is C75H132N2O6P+. The van der Waals surface area contributed by atoms with Crippen LogP contribution in [0.3, 0.4) is 0 Å². The topological polar surface area (TPSA) is 105 Å². The van der Waals surface area contributed by atoms with E-state index in [1.54, 1.807) is 6.08 Å². The number of hydrogen-bond donors (Lipinski definition) is 3. The fourth-order valence-corrected chi connectivity index (χ4v) is 10.3. The first-order valence-corrected chi connectivity index (χ1v) is 36.1. The number of aliphatic hydroxyl groups excluding tert-OH is 1. The average molecular weight is 1190 g/mol. The van der Waals surface area contributed by atoms with Crippen LogP contribution in [0.4, 0.5) is 0 Å². The second-order valence-electron chi connectivity index (χ2n) is 24.2. The van der Waals surface area contributed by atoms with Crippen LogP contribution in [0.15, 0.2) is 134 Å². The molecule has 0 bridgehead atoms. The highest BCUT2D eigenvalue weighted by Crippen LogP contribution is 2.43. The lowest BCUT2D eigenvalue weighted by Crippen LogP contribution is -2.45. The molecule has 0 aromatic carbocycles. The van der Waals surface area contributed by atoms with Crippen molar-refractivity contribution in [1.29, 1.82) is 0 Å². The Balaban J connectivity index is 4.22. The summed E-state index contributed by atoms with van der Waals surface area (Å²) in [5, 5.41) is 14.0. The number of phosphoric ester groups is 1. The number of nitrogens with one attached hydrogen (secondary N) is 1. The summed E-state index contributed by atoms with van der Waals surface area (Å²) < 4.78 is 23.8. The number of carbonyl (C=O) groups is 1. The van der Waals surface area contributed by atoms with E-state index in [1.807, 2.05) is 27.2 Å². The van der Waals surface area contributed by atoms with Gasteiger partial charge in [-0.25, -0.2) is 4.57 Å². The van der Waals surface area contributed by atoms with Crippen LogP contribution >= 0.6 is 7.82 Å². The number of hydrogen-bond acceptors (Lipinski definition) is 5. The van der Waals surface area contributed by atoms with Gasteiger partial charge in [-0.1, -0.05) is 314 Å². The Morgan fingerprint density at radius 3 is 1.05 bits per heavy atom. The smallest absolute Gasteiger partial charge is 0.387 e. The van der Waals surface area contributed by atoms with E-state index in [9.17, 15) is 19.4 Å². The lowest BCUT2D eigenvalue weighted by molar-refractivity contribution is -0.870. The maximum atomic E-state index is 13.0. The van der Waals surface area contributed by atoms with Gasteiger partial charge in [0.05, 0.1) is 39.9 Å². The standard InChI is InChI=1S/C75H131N2O6P/c1-6-8-10-12-14-16-18-20-22-24-26-28-30-32-34-35-36-37-38-39-40-41-43-45-47-49-51-53-55-57-59-61-63-65-67-69-75(79)76-73(72-83-84(80,81)82-71-70-77(3,4)5)74(78)68-66-64-62-60-58-56-54-52-50-48-46-44-42-33-31-29-27-25-23-21-19-17-15-13-11-9-7-2/h8,10,14,16,20,22,26,28,32,34,36-37,39-40,43,45,49,51,55,57,66,68,73-74,78H,6-7,9,11-13,15,17-19,21,23-25,27,29-31,33,35,38,41-42,44,46-48,50,52-54,56,58-65,67,69-72H2,1-5H3,(H-,76,79,80,81)/p+1/b10-8-,16-14-,22-20-,28-26-,34-32-,37-36-,40-39-,45-43-,51-49-,57-55-,68-66+. The van der Waals surface area contributed by atoms with Gasteiger partial charge in [0.1, 0.15) is 13.2 Å². The highest BCUT2D eigenvalue weighted by Gasteiger charge is 2.28. The maximum Gasteiger partial charge on any atom is 0.472 e. The molecule has 0 aromatic heterocycles. The second-order valence-corrected chi connectivity index (χ2v) is 25.6. The zero-order valence-corrected chi connectivity index (χ0v) is 56.0. The van der Waals surface area contributed by atoms with Crippen molar-refractivity contribution in [1.82, 2.24) is 5.32 Å². The molecule has 0 fully saturated rings. The number of rotatable bonds is 62. The molecule has 0 heterocycles. The molecule has 3 atom stereocenters. The van der Waals surface area contributed by atoms with Crippen LogP contribution in [-0.4, -0.2) is 73.4 Å². The van der Waals surface area contributed by atoms with Gasteiger partial charge in [0.2, 0.25) is 5.91 Å². The van der Waals surface area contributed by atoms with Gasteiger partial charge >= 0.3 is 7.82 Å². The third-order valence-electron chi connectivity index (χ3n) is 14.9. The Morgan fingerprint density at radius 1 is 0.417 bits per heavy atom. The summed E-state index contributed by atoms with van der Waals surface area (Å²) in [5.41, 5.74) is 0. The minimum Gasteiger partial charge on any atom is -0.387 e. The van der Waals surface area contributed by atoms with Gasteiger partial charge in [0, 0.05) is 6.42 Å². The molecule has 0 rings (SSSR count). The highest BCUT2D eigenvalue weighted by molar-refractivity contribution is 7.47. The zero-order chi connectivity index (χ0) is 61.2. The maximum absolute atomic E-state index is 13.0. The SMILES string of the molecule is CC/C=C\C/C=C\C/C=C\C/C=C\C/C=C\C/C=C\C/C=C\C/C=C\C/C=C\C/C=C\CCCCCCC(=O)NC(COP(=O)(O)OCC[N+](C)(C)C)C(O)/C=C/CCCCCCCCCCCCCCCCCCCCCCCCCCC. The lowest BCUT2D eigenvalue weighted by atomic mass is 10.0. The largest absolute Gasteiger partial charge is 0.472 e. The molecule has 0 saturated carbocycles. The fourth-order valence-electron chi connectivity index (χ4n) is 9.54. The molecule has 84 heavy (non-hydrogen) atoms. The number of allylic oxidation sites excluding steroid dienone is 21. The number of quaternary nitrogens is 1. The van der Waals surface area contributed by atoms with E-state index in [0.29, 0.717) is 17.4 Å². The molecule has 8 nitrogen and oxygen atoms in total. The Kier molecular flexibility index (Phi) is 61.6. The molecule has 1 amide bonds. The average Bonchev–Trinajstić information content (AvgIpc) is 3.56. The van der Waals surface area contributed by atoms with Crippen molar-refractivity contribution in [3.63, 3.8) is 0 Å². The minimum absolute atomic E-state index is 0.0494. The molecule has 9 heteroatoms. The van der Waals surface area contributed by atoms with Gasteiger partial charge < -0.3 is 19.8 Å². The van der Waals surface area contributed by atoms with Crippen LogP contribution in [0.25, 0.3) is 0 Å². The number of nitrogens with zero attached hydrogens (tertiary/aromatic N) is 1. The molecule has 482 valence electrons. The van der Waals surface area contributed by atoms with Crippen molar-refractivity contribution in [3.05, 3.63) is 134 Å². The number of carbonyl (C=O) groups excluding carboxylic acids is 1. The van der Waals surface area contributed by atoms with Gasteiger partial charge in [-0.15, -0.1) is 0 Å². The molecule has 0 aliphatic heterocycles. The van der Waals surface area contributed by atoms with Gasteiger partial charge in [-0.2, -0.15) is 0 Å². The van der Waals surface area contributed by atoms with Crippen molar-refractivity contribution < 1.29 is 32.9 Å². The first-order chi connectivity index (χ1) is 41.0. The van der Waals surface area contributed by atoms with Gasteiger partial charge in [-0.3, -0.25) is 13.8 Å².